The molecule has 6 amide bonds. The molecule has 3 aliphatic heterocycles. The Morgan fingerprint density at radius 3 is 2.30 bits per heavy atom. The van der Waals surface area contributed by atoms with E-state index in [9.17, 15) is 28.8 Å². The van der Waals surface area contributed by atoms with Crippen LogP contribution < -0.4 is 10.6 Å². The Morgan fingerprint density at radius 1 is 1.00 bits per heavy atom. The summed E-state index contributed by atoms with van der Waals surface area (Å²) in [5, 5.41) is 5.12. The fourth-order valence-corrected chi connectivity index (χ4v) is 4.37. The molecule has 3 heterocycles. The van der Waals surface area contributed by atoms with Crippen molar-refractivity contribution in [2.24, 2.45) is 0 Å². The van der Waals surface area contributed by atoms with Gasteiger partial charge in [-0.1, -0.05) is 13.0 Å². The van der Waals surface area contributed by atoms with Crippen molar-refractivity contribution in [3.05, 3.63) is 29.3 Å². The molecule has 2 N–H and O–H groups in total. The second kappa shape index (κ2) is 9.00. The highest BCUT2D eigenvalue weighted by atomic mass is 16.2. The molecule has 0 spiro atoms. The fourth-order valence-electron chi connectivity index (χ4n) is 4.37. The molecule has 0 bridgehead atoms. The fraction of sp³-hybridized carbons (Fsp3) is 0.455. The Balaban J connectivity index is 1.43. The molecule has 1 unspecified atom stereocenters. The number of imide groups is 2. The molecule has 0 saturated carbocycles. The molecule has 33 heavy (non-hydrogen) atoms. The maximum absolute atomic E-state index is 13.1. The van der Waals surface area contributed by atoms with Crippen molar-refractivity contribution < 1.29 is 28.8 Å². The third-order valence-electron chi connectivity index (χ3n) is 6.19. The van der Waals surface area contributed by atoms with Gasteiger partial charge in [-0.2, -0.15) is 0 Å². The lowest BCUT2D eigenvalue weighted by Gasteiger charge is -2.34. The summed E-state index contributed by atoms with van der Waals surface area (Å²) in [4.78, 5) is 78.4. The van der Waals surface area contributed by atoms with Crippen LogP contribution in [0, 0.1) is 0 Å². The number of rotatable bonds is 5. The van der Waals surface area contributed by atoms with Crippen molar-refractivity contribution in [2.45, 2.75) is 32.2 Å². The van der Waals surface area contributed by atoms with Gasteiger partial charge in [0.1, 0.15) is 6.04 Å². The zero-order valence-electron chi connectivity index (χ0n) is 18.3. The normalized spacial score (nSPS) is 20.6. The summed E-state index contributed by atoms with van der Waals surface area (Å²) < 4.78 is 0. The minimum atomic E-state index is -1.05. The third-order valence-corrected chi connectivity index (χ3v) is 6.19. The standard InChI is InChI=1S/C22H25N5O6/c1-2-17(29)25-8-10-26(11-9-25)18(30)12-23-14-5-3-4-13-19(14)22(33)27(21(13)32)15-6-7-16(28)24-20(15)31/h3-5,15,23H,2,6-12H2,1H3,(H,24,28,31). The Hall–Kier alpha value is -3.76. The van der Waals surface area contributed by atoms with E-state index in [4.69, 9.17) is 0 Å². The summed E-state index contributed by atoms with van der Waals surface area (Å²) in [6, 6.07) is 3.65. The van der Waals surface area contributed by atoms with E-state index in [1.54, 1.807) is 28.9 Å². The number of carbonyl (C=O) groups is 6. The molecule has 1 aromatic rings. The van der Waals surface area contributed by atoms with Crippen LogP contribution in [0.5, 0.6) is 0 Å². The van der Waals surface area contributed by atoms with Gasteiger partial charge in [-0.05, 0) is 18.6 Å². The zero-order valence-corrected chi connectivity index (χ0v) is 18.3. The molecule has 2 fully saturated rings. The number of fused-ring (bicyclic) bond motifs is 1. The van der Waals surface area contributed by atoms with Gasteiger partial charge < -0.3 is 15.1 Å². The summed E-state index contributed by atoms with van der Waals surface area (Å²) in [5.74, 6) is -2.47. The lowest BCUT2D eigenvalue weighted by molar-refractivity contribution is -0.138. The second-order valence-corrected chi connectivity index (χ2v) is 8.14. The highest BCUT2D eigenvalue weighted by Gasteiger charge is 2.45. The van der Waals surface area contributed by atoms with Crippen molar-refractivity contribution >= 4 is 41.1 Å². The first-order valence-corrected chi connectivity index (χ1v) is 11.0. The van der Waals surface area contributed by atoms with Crippen LogP contribution in [0.4, 0.5) is 5.69 Å². The van der Waals surface area contributed by atoms with E-state index >= 15 is 0 Å². The van der Waals surface area contributed by atoms with Crippen molar-refractivity contribution in [1.82, 2.24) is 20.0 Å². The van der Waals surface area contributed by atoms with E-state index in [1.807, 2.05) is 0 Å². The lowest BCUT2D eigenvalue weighted by atomic mass is 10.0. The zero-order chi connectivity index (χ0) is 23.7. The van der Waals surface area contributed by atoms with Crippen LogP contribution in [0.25, 0.3) is 0 Å². The second-order valence-electron chi connectivity index (χ2n) is 8.14. The van der Waals surface area contributed by atoms with Gasteiger partial charge in [0, 0.05) is 44.7 Å². The van der Waals surface area contributed by atoms with Crippen LogP contribution in [-0.2, 0) is 19.2 Å². The number of anilines is 1. The van der Waals surface area contributed by atoms with Gasteiger partial charge in [0.15, 0.2) is 0 Å². The van der Waals surface area contributed by atoms with E-state index < -0.39 is 29.7 Å². The summed E-state index contributed by atoms with van der Waals surface area (Å²) in [5.41, 5.74) is 0.584. The number of nitrogens with one attached hydrogen (secondary N) is 2. The third kappa shape index (κ3) is 4.18. The molecule has 0 radical (unpaired) electrons. The maximum atomic E-state index is 13.1. The van der Waals surface area contributed by atoms with Crippen molar-refractivity contribution in [3.8, 4) is 0 Å². The summed E-state index contributed by atoms with van der Waals surface area (Å²) in [7, 11) is 0. The summed E-state index contributed by atoms with van der Waals surface area (Å²) in [6.45, 7) is 3.54. The van der Waals surface area contributed by atoms with Crippen LogP contribution in [0.15, 0.2) is 18.2 Å². The quantitative estimate of drug-likeness (QED) is 0.576. The molecule has 1 atom stereocenters. The SMILES string of the molecule is CCC(=O)N1CCN(C(=O)CNc2cccc3c2C(=O)N(C2CCC(=O)NC2=O)C3=O)CC1. The number of piperazine rings is 1. The molecular weight excluding hydrogens is 430 g/mol. The predicted octanol–water partition coefficient (Wildman–Crippen LogP) is -0.419. The molecule has 11 heteroatoms. The van der Waals surface area contributed by atoms with E-state index in [0.717, 1.165) is 4.90 Å². The van der Waals surface area contributed by atoms with Gasteiger partial charge in [-0.15, -0.1) is 0 Å². The minimum Gasteiger partial charge on any atom is -0.375 e. The Kier molecular flexibility index (Phi) is 6.12. The molecule has 11 nitrogen and oxygen atoms in total. The first kappa shape index (κ1) is 22.4. The molecular formula is C22H25N5O6. The van der Waals surface area contributed by atoms with Gasteiger partial charge in [0.05, 0.1) is 17.7 Å². The van der Waals surface area contributed by atoms with Crippen LogP contribution in [0.3, 0.4) is 0 Å². The van der Waals surface area contributed by atoms with Gasteiger partial charge in [-0.25, -0.2) is 0 Å². The summed E-state index contributed by atoms with van der Waals surface area (Å²) >= 11 is 0. The lowest BCUT2D eigenvalue weighted by Crippen LogP contribution is -2.54. The predicted molar refractivity (Wildman–Crippen MR) is 115 cm³/mol. The van der Waals surface area contributed by atoms with Crippen LogP contribution >= 0.6 is 0 Å². The monoisotopic (exact) mass is 455 g/mol. The number of piperidine rings is 1. The maximum Gasteiger partial charge on any atom is 0.264 e. The highest BCUT2D eigenvalue weighted by Crippen LogP contribution is 2.32. The first-order valence-electron chi connectivity index (χ1n) is 11.0. The van der Waals surface area contributed by atoms with Gasteiger partial charge in [0.2, 0.25) is 23.6 Å². The van der Waals surface area contributed by atoms with E-state index in [2.05, 4.69) is 10.6 Å². The van der Waals surface area contributed by atoms with Crippen molar-refractivity contribution in [3.63, 3.8) is 0 Å². The van der Waals surface area contributed by atoms with Crippen LogP contribution in [0.1, 0.15) is 46.9 Å². The average molecular weight is 455 g/mol. The topological polar surface area (TPSA) is 136 Å². The number of hydrogen-bond acceptors (Lipinski definition) is 7. The molecule has 4 rings (SSSR count). The largest absolute Gasteiger partial charge is 0.375 e. The number of benzene rings is 1. The Morgan fingerprint density at radius 2 is 1.67 bits per heavy atom. The number of hydrogen-bond donors (Lipinski definition) is 2. The molecule has 2 saturated heterocycles. The average Bonchev–Trinajstić information content (AvgIpc) is 3.07. The van der Waals surface area contributed by atoms with Crippen molar-refractivity contribution in [1.29, 1.82) is 0 Å². The van der Waals surface area contributed by atoms with Crippen molar-refractivity contribution in [2.75, 3.05) is 38.0 Å². The molecule has 3 aliphatic rings. The smallest absolute Gasteiger partial charge is 0.264 e. The van der Waals surface area contributed by atoms with Gasteiger partial charge in [-0.3, -0.25) is 39.0 Å². The van der Waals surface area contributed by atoms with Crippen LogP contribution in [0.2, 0.25) is 0 Å². The Labute approximate surface area is 190 Å². The number of carbonyl (C=O) groups excluding carboxylic acids is 6. The van der Waals surface area contributed by atoms with Gasteiger partial charge >= 0.3 is 0 Å². The molecule has 1 aromatic carbocycles. The molecule has 0 aliphatic carbocycles. The number of amides is 6. The first-order chi connectivity index (χ1) is 15.8. The Bertz CT molecular complexity index is 1050. The van der Waals surface area contributed by atoms with E-state index in [1.165, 1.54) is 6.07 Å². The van der Waals surface area contributed by atoms with Gasteiger partial charge in [0.25, 0.3) is 11.8 Å². The minimum absolute atomic E-state index is 0.0422. The number of nitrogens with zero attached hydrogens (tertiary/aromatic N) is 3. The highest BCUT2D eigenvalue weighted by molar-refractivity contribution is 6.25. The molecule has 174 valence electrons. The molecule has 0 aromatic heterocycles. The van der Waals surface area contributed by atoms with E-state index in [-0.39, 0.29) is 42.3 Å². The van der Waals surface area contributed by atoms with Crippen LogP contribution in [-0.4, -0.2) is 88.9 Å². The summed E-state index contributed by atoms with van der Waals surface area (Å²) in [6.07, 6.45) is 0.543. The van der Waals surface area contributed by atoms with E-state index in [0.29, 0.717) is 38.3 Å².